The highest BCUT2D eigenvalue weighted by molar-refractivity contribution is 7.89. The number of esters is 1. The monoisotopic (exact) mass is 400 g/mol. The van der Waals surface area contributed by atoms with E-state index in [1.807, 2.05) is 0 Å². The number of thiophene rings is 1. The molecule has 2 aliphatic heterocycles. The SMILES string of the molecule is O=C(OCC(=O)N1CCCCCC1)c1sccc1S(=O)(=O)N1CCCC1. The van der Waals surface area contributed by atoms with E-state index in [-0.39, 0.29) is 22.3 Å². The molecule has 1 amide bonds. The third-order valence-electron chi connectivity index (χ3n) is 4.78. The standard InChI is InChI=1S/C17H24N2O5S2/c20-15(18-8-3-1-2-4-9-18)13-24-17(21)16-14(7-12-25-16)26(22,23)19-10-5-6-11-19/h7,12H,1-6,8-11,13H2. The molecule has 0 bridgehead atoms. The molecule has 0 unspecified atom stereocenters. The Kier molecular flexibility index (Phi) is 6.31. The van der Waals surface area contributed by atoms with Gasteiger partial charge in [0.15, 0.2) is 6.61 Å². The lowest BCUT2D eigenvalue weighted by atomic mass is 10.2. The van der Waals surface area contributed by atoms with E-state index in [0.29, 0.717) is 26.2 Å². The molecule has 1 aromatic heterocycles. The van der Waals surface area contributed by atoms with Crippen LogP contribution in [0.1, 0.15) is 48.2 Å². The van der Waals surface area contributed by atoms with Crippen molar-refractivity contribution in [3.63, 3.8) is 0 Å². The summed E-state index contributed by atoms with van der Waals surface area (Å²) in [5, 5.41) is 1.57. The minimum Gasteiger partial charge on any atom is -0.451 e. The van der Waals surface area contributed by atoms with Crippen molar-refractivity contribution in [3.8, 4) is 0 Å². The molecule has 0 aromatic carbocycles. The molecule has 0 spiro atoms. The summed E-state index contributed by atoms with van der Waals surface area (Å²) < 4.78 is 31.9. The fraction of sp³-hybridized carbons (Fsp3) is 0.647. The predicted molar refractivity (Wildman–Crippen MR) is 97.6 cm³/mol. The summed E-state index contributed by atoms with van der Waals surface area (Å²) in [5.41, 5.74) is 0. The molecule has 2 saturated heterocycles. The molecule has 2 fully saturated rings. The van der Waals surface area contributed by atoms with E-state index >= 15 is 0 Å². The third kappa shape index (κ3) is 4.27. The Morgan fingerprint density at radius 1 is 1.00 bits per heavy atom. The molecule has 7 nitrogen and oxygen atoms in total. The van der Waals surface area contributed by atoms with Gasteiger partial charge < -0.3 is 9.64 Å². The quantitative estimate of drug-likeness (QED) is 0.707. The highest BCUT2D eigenvalue weighted by Crippen LogP contribution is 2.28. The van der Waals surface area contributed by atoms with Crippen molar-refractivity contribution in [1.29, 1.82) is 0 Å². The zero-order chi connectivity index (χ0) is 18.6. The zero-order valence-electron chi connectivity index (χ0n) is 14.7. The van der Waals surface area contributed by atoms with E-state index in [9.17, 15) is 18.0 Å². The maximum absolute atomic E-state index is 12.7. The van der Waals surface area contributed by atoms with Crippen LogP contribution in [-0.2, 0) is 19.6 Å². The second-order valence-corrected chi connectivity index (χ2v) is 9.42. The number of carbonyl (C=O) groups is 2. The lowest BCUT2D eigenvalue weighted by Gasteiger charge is -2.20. The highest BCUT2D eigenvalue weighted by Gasteiger charge is 2.32. The first-order chi connectivity index (χ1) is 12.5. The summed E-state index contributed by atoms with van der Waals surface area (Å²) in [4.78, 5) is 26.4. The van der Waals surface area contributed by atoms with Crippen molar-refractivity contribution in [2.24, 2.45) is 0 Å². The Hall–Kier alpha value is -1.45. The van der Waals surface area contributed by atoms with Crippen LogP contribution in [0.15, 0.2) is 16.3 Å². The lowest BCUT2D eigenvalue weighted by molar-refractivity contribution is -0.134. The van der Waals surface area contributed by atoms with Gasteiger partial charge in [0.1, 0.15) is 9.77 Å². The molecule has 3 rings (SSSR count). The van der Waals surface area contributed by atoms with Gasteiger partial charge in [-0.1, -0.05) is 12.8 Å². The van der Waals surface area contributed by atoms with Gasteiger partial charge in [-0.3, -0.25) is 4.79 Å². The summed E-state index contributed by atoms with van der Waals surface area (Å²) in [6.07, 6.45) is 5.79. The predicted octanol–water partition coefficient (Wildman–Crippen LogP) is 2.09. The molecule has 144 valence electrons. The molecular weight excluding hydrogens is 376 g/mol. The Bertz CT molecular complexity index is 745. The third-order valence-corrected chi connectivity index (χ3v) is 7.75. The van der Waals surface area contributed by atoms with Crippen molar-refractivity contribution in [1.82, 2.24) is 9.21 Å². The van der Waals surface area contributed by atoms with Gasteiger partial charge in [0.2, 0.25) is 10.0 Å². The van der Waals surface area contributed by atoms with Crippen molar-refractivity contribution >= 4 is 33.2 Å². The van der Waals surface area contributed by atoms with Crippen LogP contribution in [0.25, 0.3) is 0 Å². The maximum atomic E-state index is 12.7. The van der Waals surface area contributed by atoms with Gasteiger partial charge in [-0.05, 0) is 37.1 Å². The summed E-state index contributed by atoms with van der Waals surface area (Å²) in [5.74, 6) is -0.971. The summed E-state index contributed by atoms with van der Waals surface area (Å²) in [7, 11) is -3.69. The van der Waals surface area contributed by atoms with Gasteiger partial charge in [0.05, 0.1) is 0 Å². The van der Waals surface area contributed by atoms with Crippen LogP contribution in [0.5, 0.6) is 0 Å². The topological polar surface area (TPSA) is 84.0 Å². The Balaban J connectivity index is 1.64. The summed E-state index contributed by atoms with van der Waals surface area (Å²) >= 11 is 1.03. The van der Waals surface area contributed by atoms with E-state index in [1.165, 1.54) is 10.4 Å². The first-order valence-electron chi connectivity index (χ1n) is 9.02. The van der Waals surface area contributed by atoms with Gasteiger partial charge >= 0.3 is 5.97 Å². The second-order valence-electron chi connectivity index (χ2n) is 6.60. The second kappa shape index (κ2) is 8.49. The largest absolute Gasteiger partial charge is 0.451 e. The molecule has 9 heteroatoms. The number of hydrogen-bond acceptors (Lipinski definition) is 6. The molecule has 0 atom stereocenters. The fourth-order valence-electron chi connectivity index (χ4n) is 3.32. The Labute approximate surface area is 158 Å². The molecular formula is C17H24N2O5S2. The molecule has 1 aromatic rings. The number of rotatable bonds is 5. The molecule has 0 aliphatic carbocycles. The number of sulfonamides is 1. The van der Waals surface area contributed by atoms with Crippen LogP contribution in [0.4, 0.5) is 0 Å². The average Bonchev–Trinajstić information content (AvgIpc) is 3.27. The smallest absolute Gasteiger partial charge is 0.350 e. The van der Waals surface area contributed by atoms with Crippen LogP contribution in [-0.4, -0.2) is 62.3 Å². The molecule has 0 saturated carbocycles. The average molecular weight is 401 g/mol. The van der Waals surface area contributed by atoms with Crippen LogP contribution >= 0.6 is 11.3 Å². The molecule has 0 N–H and O–H groups in total. The minimum absolute atomic E-state index is 0.0170. The lowest BCUT2D eigenvalue weighted by Crippen LogP contribution is -2.35. The number of amides is 1. The number of hydrogen-bond donors (Lipinski definition) is 0. The van der Waals surface area contributed by atoms with E-state index < -0.39 is 16.0 Å². The fourth-order valence-corrected chi connectivity index (χ4v) is 6.12. The van der Waals surface area contributed by atoms with Gasteiger partial charge in [0.25, 0.3) is 5.91 Å². The maximum Gasteiger partial charge on any atom is 0.350 e. The normalized spacial score (nSPS) is 19.3. The van der Waals surface area contributed by atoms with Crippen LogP contribution in [0, 0.1) is 0 Å². The first-order valence-corrected chi connectivity index (χ1v) is 11.3. The Morgan fingerprint density at radius 3 is 2.27 bits per heavy atom. The van der Waals surface area contributed by atoms with E-state index in [2.05, 4.69) is 0 Å². The van der Waals surface area contributed by atoms with Gasteiger partial charge in [-0.15, -0.1) is 11.3 Å². The van der Waals surface area contributed by atoms with Gasteiger partial charge in [-0.2, -0.15) is 4.31 Å². The molecule has 2 aliphatic rings. The summed E-state index contributed by atoms with van der Waals surface area (Å²) in [6.45, 7) is 1.97. The van der Waals surface area contributed by atoms with Crippen molar-refractivity contribution in [2.75, 3.05) is 32.8 Å². The zero-order valence-corrected chi connectivity index (χ0v) is 16.3. The first kappa shape index (κ1) is 19.3. The van der Waals surface area contributed by atoms with E-state index in [4.69, 9.17) is 4.74 Å². The van der Waals surface area contributed by atoms with E-state index in [0.717, 1.165) is 49.9 Å². The molecule has 0 radical (unpaired) electrons. The van der Waals surface area contributed by atoms with Crippen molar-refractivity contribution in [2.45, 2.75) is 43.4 Å². The van der Waals surface area contributed by atoms with Crippen LogP contribution in [0.2, 0.25) is 0 Å². The number of carbonyl (C=O) groups excluding carboxylic acids is 2. The van der Waals surface area contributed by atoms with Crippen molar-refractivity contribution in [3.05, 3.63) is 16.3 Å². The van der Waals surface area contributed by atoms with E-state index in [1.54, 1.807) is 10.3 Å². The molecule has 3 heterocycles. The van der Waals surface area contributed by atoms with Gasteiger partial charge in [-0.25, -0.2) is 13.2 Å². The van der Waals surface area contributed by atoms with Crippen molar-refractivity contribution < 1.29 is 22.7 Å². The van der Waals surface area contributed by atoms with Crippen LogP contribution in [0.3, 0.4) is 0 Å². The molecule has 26 heavy (non-hydrogen) atoms. The number of nitrogens with zero attached hydrogens (tertiary/aromatic N) is 2. The number of ether oxygens (including phenoxy) is 1. The Morgan fingerprint density at radius 2 is 1.62 bits per heavy atom. The number of likely N-dealkylation sites (tertiary alicyclic amines) is 1. The van der Waals surface area contributed by atoms with Crippen LogP contribution < -0.4 is 0 Å². The summed E-state index contributed by atoms with van der Waals surface area (Å²) in [6, 6.07) is 1.44. The highest BCUT2D eigenvalue weighted by atomic mass is 32.2. The van der Waals surface area contributed by atoms with Gasteiger partial charge in [0, 0.05) is 26.2 Å². The minimum atomic E-state index is -3.69.